The van der Waals surface area contributed by atoms with E-state index in [9.17, 15) is 4.79 Å². The Balaban J connectivity index is 1.81. The van der Waals surface area contributed by atoms with Gasteiger partial charge < -0.3 is 10.4 Å². The van der Waals surface area contributed by atoms with E-state index in [1.54, 1.807) is 13.8 Å². The summed E-state index contributed by atoms with van der Waals surface area (Å²) in [5.41, 5.74) is -0.637. The van der Waals surface area contributed by atoms with E-state index >= 15 is 0 Å². The van der Waals surface area contributed by atoms with Crippen molar-refractivity contribution in [2.45, 2.75) is 45.6 Å². The Labute approximate surface area is 91.2 Å². The zero-order valence-corrected chi connectivity index (χ0v) is 9.62. The molecule has 0 aromatic rings. The van der Waals surface area contributed by atoms with E-state index in [4.69, 9.17) is 5.11 Å². The van der Waals surface area contributed by atoms with Crippen LogP contribution in [0, 0.1) is 17.3 Å². The molecule has 15 heavy (non-hydrogen) atoms. The highest BCUT2D eigenvalue weighted by Crippen LogP contribution is 2.44. The molecule has 2 rings (SSSR count). The van der Waals surface area contributed by atoms with Crippen LogP contribution in [0.25, 0.3) is 0 Å². The summed E-state index contributed by atoms with van der Waals surface area (Å²) in [5.74, 6) is 1.03. The summed E-state index contributed by atoms with van der Waals surface area (Å²) in [6, 6.07) is 0.586. The van der Waals surface area contributed by atoms with Crippen molar-refractivity contribution in [2.24, 2.45) is 17.3 Å². The molecule has 3 nitrogen and oxygen atoms in total. The number of hydrogen-bond acceptors (Lipinski definition) is 2. The van der Waals surface area contributed by atoms with Crippen molar-refractivity contribution >= 4 is 5.97 Å². The number of carbonyl (C=O) groups is 1. The maximum Gasteiger partial charge on any atom is 0.310 e. The third-order valence-electron chi connectivity index (χ3n) is 4.12. The molecule has 0 amide bonds. The van der Waals surface area contributed by atoms with Gasteiger partial charge in [0.1, 0.15) is 0 Å². The zero-order chi connectivity index (χ0) is 11.1. The average Bonchev–Trinajstić information content (AvgIpc) is 2.75. The van der Waals surface area contributed by atoms with Gasteiger partial charge in [-0.1, -0.05) is 6.42 Å². The Morgan fingerprint density at radius 2 is 2.13 bits per heavy atom. The molecule has 3 heteroatoms. The monoisotopic (exact) mass is 211 g/mol. The molecule has 0 aromatic heterocycles. The third-order valence-corrected chi connectivity index (χ3v) is 4.12. The highest BCUT2D eigenvalue weighted by atomic mass is 16.4. The molecule has 0 heterocycles. The smallest absolute Gasteiger partial charge is 0.310 e. The van der Waals surface area contributed by atoms with Gasteiger partial charge in [-0.3, -0.25) is 4.79 Å². The summed E-state index contributed by atoms with van der Waals surface area (Å²) in [6.45, 7) is 4.17. The molecular formula is C12H21NO2. The Kier molecular flexibility index (Phi) is 2.75. The van der Waals surface area contributed by atoms with Gasteiger partial charge in [-0.2, -0.15) is 0 Å². The van der Waals surface area contributed by atoms with Crippen LogP contribution >= 0.6 is 0 Å². The van der Waals surface area contributed by atoms with E-state index in [1.807, 2.05) is 0 Å². The van der Waals surface area contributed by atoms with Gasteiger partial charge in [0.15, 0.2) is 0 Å². The van der Waals surface area contributed by atoms with Crippen molar-refractivity contribution in [1.82, 2.24) is 5.32 Å². The van der Waals surface area contributed by atoms with Gasteiger partial charge in [0.2, 0.25) is 0 Å². The second-order valence-electron chi connectivity index (χ2n) is 5.85. The predicted molar refractivity (Wildman–Crippen MR) is 58.7 cm³/mol. The van der Waals surface area contributed by atoms with Crippen LogP contribution in [0.2, 0.25) is 0 Å². The molecule has 0 saturated heterocycles. The second kappa shape index (κ2) is 3.78. The predicted octanol–water partition coefficient (Wildman–Crippen LogP) is 1.88. The molecule has 3 unspecified atom stereocenters. The zero-order valence-electron chi connectivity index (χ0n) is 9.62. The summed E-state index contributed by atoms with van der Waals surface area (Å²) in [4.78, 5) is 10.9. The molecule has 2 saturated carbocycles. The summed E-state index contributed by atoms with van der Waals surface area (Å²) < 4.78 is 0. The van der Waals surface area contributed by atoms with Crippen LogP contribution in [-0.2, 0) is 4.79 Å². The Morgan fingerprint density at radius 1 is 1.40 bits per heavy atom. The van der Waals surface area contributed by atoms with Gasteiger partial charge >= 0.3 is 5.97 Å². The average molecular weight is 211 g/mol. The number of hydrogen-bond donors (Lipinski definition) is 2. The largest absolute Gasteiger partial charge is 0.481 e. The SMILES string of the molecule is CC(C)(CNC1CC2CCC1C2)C(=O)O. The second-order valence-corrected chi connectivity index (χ2v) is 5.85. The number of fused-ring (bicyclic) bond motifs is 2. The maximum absolute atomic E-state index is 10.9. The highest BCUT2D eigenvalue weighted by Gasteiger charge is 2.40. The number of nitrogens with one attached hydrogen (secondary N) is 1. The minimum absolute atomic E-state index is 0.586. The first-order chi connectivity index (χ1) is 6.99. The summed E-state index contributed by atoms with van der Waals surface area (Å²) in [7, 11) is 0. The molecular weight excluding hydrogens is 190 g/mol. The van der Waals surface area contributed by atoms with Crippen LogP contribution in [0.5, 0.6) is 0 Å². The van der Waals surface area contributed by atoms with E-state index < -0.39 is 11.4 Å². The molecule has 2 aliphatic carbocycles. The summed E-state index contributed by atoms with van der Waals surface area (Å²) in [5, 5.41) is 12.5. The first-order valence-electron chi connectivity index (χ1n) is 5.96. The van der Waals surface area contributed by atoms with Crippen LogP contribution in [0.4, 0.5) is 0 Å². The third kappa shape index (κ3) is 2.17. The topological polar surface area (TPSA) is 49.3 Å². The van der Waals surface area contributed by atoms with Crippen LogP contribution < -0.4 is 5.32 Å². The molecule has 0 radical (unpaired) electrons. The lowest BCUT2D eigenvalue weighted by Gasteiger charge is -2.27. The summed E-state index contributed by atoms with van der Waals surface area (Å²) in [6.07, 6.45) is 5.37. The molecule has 3 atom stereocenters. The van der Waals surface area contributed by atoms with Gasteiger partial charge in [0.25, 0.3) is 0 Å². The number of aliphatic carboxylic acids is 1. The Bertz CT molecular complexity index is 262. The van der Waals surface area contributed by atoms with Crippen LogP contribution in [0.1, 0.15) is 39.5 Å². The Morgan fingerprint density at radius 3 is 2.60 bits per heavy atom. The minimum atomic E-state index is -0.710. The molecule has 0 aromatic carbocycles. The van der Waals surface area contributed by atoms with E-state index in [0.29, 0.717) is 12.6 Å². The first kappa shape index (κ1) is 10.9. The Hall–Kier alpha value is -0.570. The molecule has 2 fully saturated rings. The quantitative estimate of drug-likeness (QED) is 0.746. The number of rotatable bonds is 4. The van der Waals surface area contributed by atoms with Gasteiger partial charge in [0, 0.05) is 12.6 Å². The fraction of sp³-hybridized carbons (Fsp3) is 0.917. The standard InChI is InChI=1S/C12H21NO2/c1-12(2,11(14)15)7-13-10-6-8-3-4-9(10)5-8/h8-10,13H,3-7H2,1-2H3,(H,14,15). The minimum Gasteiger partial charge on any atom is -0.481 e. The fourth-order valence-corrected chi connectivity index (χ4v) is 2.96. The van der Waals surface area contributed by atoms with E-state index in [0.717, 1.165) is 11.8 Å². The van der Waals surface area contributed by atoms with Crippen molar-refractivity contribution in [3.05, 3.63) is 0 Å². The van der Waals surface area contributed by atoms with Crippen molar-refractivity contribution < 1.29 is 9.90 Å². The molecule has 0 spiro atoms. The van der Waals surface area contributed by atoms with Crippen molar-refractivity contribution in [3.63, 3.8) is 0 Å². The van der Waals surface area contributed by atoms with E-state index in [-0.39, 0.29) is 0 Å². The van der Waals surface area contributed by atoms with Gasteiger partial charge in [-0.15, -0.1) is 0 Å². The number of carboxylic acids is 1. The molecule has 2 aliphatic rings. The number of carboxylic acid groups (broad SMARTS) is 1. The summed E-state index contributed by atoms with van der Waals surface area (Å²) >= 11 is 0. The van der Waals surface area contributed by atoms with Crippen molar-refractivity contribution in [2.75, 3.05) is 6.54 Å². The lowest BCUT2D eigenvalue weighted by Crippen LogP contribution is -2.43. The fourth-order valence-electron chi connectivity index (χ4n) is 2.96. The van der Waals surface area contributed by atoms with Gasteiger partial charge in [-0.05, 0) is 44.9 Å². The highest BCUT2D eigenvalue weighted by molar-refractivity contribution is 5.73. The van der Waals surface area contributed by atoms with Crippen LogP contribution in [-0.4, -0.2) is 23.7 Å². The lowest BCUT2D eigenvalue weighted by molar-refractivity contribution is -0.146. The van der Waals surface area contributed by atoms with E-state index in [1.165, 1.54) is 25.7 Å². The molecule has 2 N–H and O–H groups in total. The van der Waals surface area contributed by atoms with Crippen LogP contribution in [0.15, 0.2) is 0 Å². The molecule has 0 aliphatic heterocycles. The van der Waals surface area contributed by atoms with Gasteiger partial charge in [0.05, 0.1) is 5.41 Å². The lowest BCUT2D eigenvalue weighted by atomic mass is 9.91. The van der Waals surface area contributed by atoms with Crippen molar-refractivity contribution in [3.8, 4) is 0 Å². The molecule has 86 valence electrons. The first-order valence-corrected chi connectivity index (χ1v) is 5.96. The normalized spacial score (nSPS) is 34.7. The van der Waals surface area contributed by atoms with E-state index in [2.05, 4.69) is 5.32 Å². The maximum atomic E-state index is 10.9. The van der Waals surface area contributed by atoms with Gasteiger partial charge in [-0.25, -0.2) is 0 Å². The van der Waals surface area contributed by atoms with Crippen molar-refractivity contribution in [1.29, 1.82) is 0 Å². The van der Waals surface area contributed by atoms with Crippen LogP contribution in [0.3, 0.4) is 0 Å². The molecule has 2 bridgehead atoms.